The van der Waals surface area contributed by atoms with Gasteiger partial charge in [0.15, 0.2) is 5.01 Å². The fraction of sp³-hybridized carbons (Fsp3) is 0.417. The summed E-state index contributed by atoms with van der Waals surface area (Å²) in [6.07, 6.45) is 0. The minimum Gasteiger partial charge on any atom is -0.360 e. The van der Waals surface area contributed by atoms with Gasteiger partial charge >= 0.3 is 0 Å². The molecule has 1 N–H and O–H groups in total. The normalized spacial score (nSPS) is 10.7. The van der Waals surface area contributed by atoms with E-state index >= 15 is 0 Å². The van der Waals surface area contributed by atoms with Gasteiger partial charge in [0.05, 0.1) is 5.56 Å². The van der Waals surface area contributed by atoms with Crippen LogP contribution in [-0.4, -0.2) is 21.3 Å². The number of pyridine rings is 1. The summed E-state index contributed by atoms with van der Waals surface area (Å²) in [7, 11) is 1.77. The molecule has 0 amide bonds. The van der Waals surface area contributed by atoms with Gasteiger partial charge < -0.3 is 9.88 Å². The van der Waals surface area contributed by atoms with Crippen LogP contribution in [0.5, 0.6) is 0 Å². The SMILES string of the molecule is CCNc1nnc(-c2c(C)cc(C)n(C)c2=O)s1. The number of aryl methyl sites for hydroxylation is 2. The van der Waals surface area contributed by atoms with E-state index in [9.17, 15) is 4.79 Å². The van der Waals surface area contributed by atoms with E-state index in [1.54, 1.807) is 11.6 Å². The summed E-state index contributed by atoms with van der Waals surface area (Å²) in [5.74, 6) is 0. The highest BCUT2D eigenvalue weighted by Crippen LogP contribution is 2.26. The van der Waals surface area contributed by atoms with Gasteiger partial charge in [-0.05, 0) is 32.4 Å². The van der Waals surface area contributed by atoms with Gasteiger partial charge in [-0.3, -0.25) is 4.79 Å². The minimum atomic E-state index is -0.0216. The Bertz CT molecular complexity index is 629. The second-order valence-corrected chi connectivity index (χ2v) is 5.13. The largest absolute Gasteiger partial charge is 0.360 e. The third-order valence-electron chi connectivity index (χ3n) is 2.83. The number of hydrogen-bond acceptors (Lipinski definition) is 5. The molecule has 0 aromatic carbocycles. The first-order chi connectivity index (χ1) is 8.54. The van der Waals surface area contributed by atoms with Crippen LogP contribution in [0.25, 0.3) is 10.6 Å². The molecule has 2 aromatic rings. The van der Waals surface area contributed by atoms with E-state index in [2.05, 4.69) is 15.5 Å². The molecule has 6 heteroatoms. The van der Waals surface area contributed by atoms with Gasteiger partial charge in [-0.15, -0.1) is 10.2 Å². The average molecular weight is 264 g/mol. The van der Waals surface area contributed by atoms with Gasteiger partial charge in [0.25, 0.3) is 5.56 Å². The summed E-state index contributed by atoms with van der Waals surface area (Å²) in [6.45, 7) is 6.64. The number of anilines is 1. The summed E-state index contributed by atoms with van der Waals surface area (Å²) in [6, 6.07) is 1.99. The van der Waals surface area contributed by atoms with Gasteiger partial charge in [-0.2, -0.15) is 0 Å². The lowest BCUT2D eigenvalue weighted by atomic mass is 10.1. The zero-order valence-corrected chi connectivity index (χ0v) is 11.8. The van der Waals surface area contributed by atoms with E-state index in [1.807, 2.05) is 26.8 Å². The Labute approximate surface area is 110 Å². The summed E-state index contributed by atoms with van der Waals surface area (Å²) >= 11 is 1.41. The van der Waals surface area contributed by atoms with Crippen molar-refractivity contribution < 1.29 is 0 Å². The van der Waals surface area contributed by atoms with Crippen LogP contribution >= 0.6 is 11.3 Å². The van der Waals surface area contributed by atoms with Crippen molar-refractivity contribution in [1.82, 2.24) is 14.8 Å². The van der Waals surface area contributed by atoms with Crippen molar-refractivity contribution in [3.8, 4) is 10.6 Å². The monoisotopic (exact) mass is 264 g/mol. The molecule has 5 nitrogen and oxygen atoms in total. The number of nitrogens with zero attached hydrogens (tertiary/aromatic N) is 3. The predicted octanol–water partition coefficient (Wildman–Crippen LogP) is 1.95. The van der Waals surface area contributed by atoms with Crippen molar-refractivity contribution in [2.75, 3.05) is 11.9 Å². The number of nitrogens with one attached hydrogen (secondary N) is 1. The number of rotatable bonds is 3. The summed E-state index contributed by atoms with van der Waals surface area (Å²) < 4.78 is 1.64. The van der Waals surface area contributed by atoms with E-state index in [-0.39, 0.29) is 5.56 Å². The molecule has 0 bridgehead atoms. The number of aromatic nitrogens is 3. The van der Waals surface area contributed by atoms with Crippen LogP contribution in [0, 0.1) is 13.8 Å². The zero-order valence-electron chi connectivity index (χ0n) is 10.9. The first kappa shape index (κ1) is 12.8. The fourth-order valence-corrected chi connectivity index (χ4v) is 2.70. The highest BCUT2D eigenvalue weighted by molar-refractivity contribution is 7.18. The lowest BCUT2D eigenvalue weighted by Crippen LogP contribution is -2.21. The Kier molecular flexibility index (Phi) is 3.47. The van der Waals surface area contributed by atoms with Gasteiger partial charge in [-0.1, -0.05) is 11.3 Å². The van der Waals surface area contributed by atoms with Crippen LogP contribution in [-0.2, 0) is 7.05 Å². The van der Waals surface area contributed by atoms with Gasteiger partial charge in [-0.25, -0.2) is 0 Å². The van der Waals surface area contributed by atoms with E-state index in [0.717, 1.165) is 22.9 Å². The smallest absolute Gasteiger partial charge is 0.261 e. The van der Waals surface area contributed by atoms with E-state index in [4.69, 9.17) is 0 Å². The minimum absolute atomic E-state index is 0.0216. The lowest BCUT2D eigenvalue weighted by Gasteiger charge is -2.08. The molecule has 2 aromatic heterocycles. The molecular weight excluding hydrogens is 248 g/mol. The van der Waals surface area contributed by atoms with Crippen molar-refractivity contribution in [2.45, 2.75) is 20.8 Å². The molecule has 0 saturated carbocycles. The third-order valence-corrected chi connectivity index (χ3v) is 3.73. The fourth-order valence-electron chi connectivity index (χ4n) is 1.79. The molecule has 0 fully saturated rings. The molecule has 0 aliphatic carbocycles. The molecule has 96 valence electrons. The van der Waals surface area contributed by atoms with Crippen molar-refractivity contribution in [3.05, 3.63) is 27.7 Å². The van der Waals surface area contributed by atoms with E-state index in [0.29, 0.717) is 10.6 Å². The molecule has 2 heterocycles. The summed E-state index contributed by atoms with van der Waals surface area (Å²) in [5, 5.41) is 12.6. The Balaban J connectivity index is 2.56. The molecule has 0 saturated heterocycles. The molecular formula is C12H16N4OS. The van der Waals surface area contributed by atoms with Gasteiger partial charge in [0, 0.05) is 19.3 Å². The van der Waals surface area contributed by atoms with Crippen molar-refractivity contribution in [3.63, 3.8) is 0 Å². The first-order valence-electron chi connectivity index (χ1n) is 5.79. The van der Waals surface area contributed by atoms with Crippen LogP contribution in [0.1, 0.15) is 18.2 Å². The topological polar surface area (TPSA) is 59.8 Å². The quantitative estimate of drug-likeness (QED) is 0.920. The Hall–Kier alpha value is -1.69. The molecule has 0 radical (unpaired) electrons. The summed E-state index contributed by atoms with van der Waals surface area (Å²) in [5.41, 5.74) is 2.50. The van der Waals surface area contributed by atoms with Crippen LogP contribution in [0.15, 0.2) is 10.9 Å². The molecule has 0 spiro atoms. The lowest BCUT2D eigenvalue weighted by molar-refractivity contribution is 0.816. The predicted molar refractivity (Wildman–Crippen MR) is 74.2 cm³/mol. The highest BCUT2D eigenvalue weighted by atomic mass is 32.1. The molecule has 0 unspecified atom stereocenters. The Morgan fingerprint density at radius 2 is 2.11 bits per heavy atom. The molecule has 2 rings (SSSR count). The van der Waals surface area contributed by atoms with Crippen molar-refractivity contribution >= 4 is 16.5 Å². The Morgan fingerprint density at radius 1 is 1.39 bits per heavy atom. The molecule has 0 aliphatic heterocycles. The summed E-state index contributed by atoms with van der Waals surface area (Å²) in [4.78, 5) is 12.3. The standard InChI is InChI=1S/C12H16N4OS/c1-5-13-12-15-14-10(18-12)9-7(2)6-8(3)16(4)11(9)17/h6H,5H2,1-4H3,(H,13,15). The highest BCUT2D eigenvalue weighted by Gasteiger charge is 2.15. The van der Waals surface area contributed by atoms with Crippen molar-refractivity contribution in [1.29, 1.82) is 0 Å². The third kappa shape index (κ3) is 2.15. The van der Waals surface area contributed by atoms with Gasteiger partial charge in [0.2, 0.25) is 5.13 Å². The zero-order chi connectivity index (χ0) is 13.3. The molecule has 18 heavy (non-hydrogen) atoms. The average Bonchev–Trinajstić information content (AvgIpc) is 2.75. The first-order valence-corrected chi connectivity index (χ1v) is 6.61. The maximum Gasteiger partial charge on any atom is 0.261 e. The second-order valence-electron chi connectivity index (χ2n) is 4.15. The Morgan fingerprint density at radius 3 is 2.78 bits per heavy atom. The van der Waals surface area contributed by atoms with Crippen LogP contribution in [0.4, 0.5) is 5.13 Å². The maximum atomic E-state index is 12.3. The van der Waals surface area contributed by atoms with Crippen LogP contribution in [0.2, 0.25) is 0 Å². The number of hydrogen-bond donors (Lipinski definition) is 1. The van der Waals surface area contributed by atoms with E-state index < -0.39 is 0 Å². The van der Waals surface area contributed by atoms with Crippen molar-refractivity contribution in [2.24, 2.45) is 7.05 Å². The van der Waals surface area contributed by atoms with Gasteiger partial charge in [0.1, 0.15) is 0 Å². The van der Waals surface area contributed by atoms with Crippen LogP contribution < -0.4 is 10.9 Å². The maximum absolute atomic E-state index is 12.3. The molecule has 0 atom stereocenters. The van der Waals surface area contributed by atoms with Crippen LogP contribution in [0.3, 0.4) is 0 Å². The van der Waals surface area contributed by atoms with E-state index in [1.165, 1.54) is 11.3 Å². The second kappa shape index (κ2) is 4.89. The molecule has 0 aliphatic rings.